The number of piperazine rings is 1. The second kappa shape index (κ2) is 10.4. The molecule has 10 heteroatoms. The Morgan fingerprint density at radius 2 is 1.79 bits per heavy atom. The molecule has 0 aliphatic carbocycles. The summed E-state index contributed by atoms with van der Waals surface area (Å²) in [6.45, 7) is 5.59. The SMILES string of the molecule is CCOC(=O)C1C(=O)NC(N2CCN(Cc3ccccc3)CC2)=NC1c1ccc([N+](=O)[O-])cc1. The van der Waals surface area contributed by atoms with E-state index in [1.807, 2.05) is 23.1 Å². The van der Waals surface area contributed by atoms with Crippen LogP contribution in [0.15, 0.2) is 59.6 Å². The topological polar surface area (TPSA) is 117 Å². The van der Waals surface area contributed by atoms with E-state index >= 15 is 0 Å². The zero-order valence-corrected chi connectivity index (χ0v) is 18.9. The minimum atomic E-state index is -1.16. The molecule has 2 aromatic rings. The van der Waals surface area contributed by atoms with Crippen LogP contribution in [0.1, 0.15) is 24.1 Å². The zero-order chi connectivity index (χ0) is 24.1. The number of carbonyl (C=O) groups excluding carboxylic acids is 2. The number of hydrogen-bond acceptors (Lipinski definition) is 8. The van der Waals surface area contributed by atoms with E-state index in [0.717, 1.165) is 19.6 Å². The molecule has 34 heavy (non-hydrogen) atoms. The lowest BCUT2D eigenvalue weighted by Gasteiger charge is -2.39. The van der Waals surface area contributed by atoms with Crippen molar-refractivity contribution in [3.63, 3.8) is 0 Å². The number of nitro benzene ring substituents is 1. The Balaban J connectivity index is 1.53. The fourth-order valence-corrected chi connectivity index (χ4v) is 4.22. The first-order valence-corrected chi connectivity index (χ1v) is 11.3. The Morgan fingerprint density at radius 3 is 2.41 bits per heavy atom. The van der Waals surface area contributed by atoms with Gasteiger partial charge < -0.3 is 9.64 Å². The maximum atomic E-state index is 13.0. The lowest BCUT2D eigenvalue weighted by atomic mass is 9.91. The highest BCUT2D eigenvalue weighted by Crippen LogP contribution is 2.32. The number of ether oxygens (including phenoxy) is 1. The van der Waals surface area contributed by atoms with Gasteiger partial charge in [-0.2, -0.15) is 0 Å². The van der Waals surface area contributed by atoms with Crippen LogP contribution in [-0.2, 0) is 20.9 Å². The second-order valence-corrected chi connectivity index (χ2v) is 8.21. The van der Waals surface area contributed by atoms with Crippen LogP contribution in [0.25, 0.3) is 0 Å². The van der Waals surface area contributed by atoms with Gasteiger partial charge in [0.15, 0.2) is 5.92 Å². The summed E-state index contributed by atoms with van der Waals surface area (Å²) in [5.74, 6) is -1.91. The molecule has 2 atom stereocenters. The monoisotopic (exact) mass is 465 g/mol. The van der Waals surface area contributed by atoms with Crippen molar-refractivity contribution in [3.05, 3.63) is 75.8 Å². The van der Waals surface area contributed by atoms with Crippen molar-refractivity contribution in [2.75, 3.05) is 32.8 Å². The summed E-state index contributed by atoms with van der Waals surface area (Å²) >= 11 is 0. The third kappa shape index (κ3) is 5.23. The van der Waals surface area contributed by atoms with Crippen LogP contribution in [-0.4, -0.2) is 65.3 Å². The molecule has 1 amide bonds. The van der Waals surface area contributed by atoms with E-state index in [9.17, 15) is 19.7 Å². The number of amides is 1. The maximum absolute atomic E-state index is 13.0. The molecule has 2 unspecified atom stereocenters. The predicted octanol–water partition coefficient (Wildman–Crippen LogP) is 2.12. The summed E-state index contributed by atoms with van der Waals surface area (Å²) < 4.78 is 5.12. The van der Waals surface area contributed by atoms with E-state index in [-0.39, 0.29) is 12.3 Å². The van der Waals surface area contributed by atoms with Gasteiger partial charge in [-0.15, -0.1) is 0 Å². The first-order chi connectivity index (χ1) is 16.5. The van der Waals surface area contributed by atoms with Crippen LogP contribution in [0, 0.1) is 16.0 Å². The lowest BCUT2D eigenvalue weighted by molar-refractivity contribution is -0.384. The molecule has 2 aromatic carbocycles. The van der Waals surface area contributed by atoms with Crippen molar-refractivity contribution in [2.45, 2.75) is 19.5 Å². The molecule has 0 spiro atoms. The van der Waals surface area contributed by atoms with Gasteiger partial charge in [-0.1, -0.05) is 42.5 Å². The normalized spacial score (nSPS) is 20.9. The number of esters is 1. The summed E-state index contributed by atoms with van der Waals surface area (Å²) in [7, 11) is 0. The van der Waals surface area contributed by atoms with Crippen molar-refractivity contribution >= 4 is 23.5 Å². The van der Waals surface area contributed by atoms with Gasteiger partial charge in [0.1, 0.15) is 6.04 Å². The molecule has 0 aromatic heterocycles. The molecular formula is C24H27N5O5. The number of nitrogens with zero attached hydrogens (tertiary/aromatic N) is 4. The van der Waals surface area contributed by atoms with Crippen molar-refractivity contribution in [1.82, 2.24) is 15.1 Å². The van der Waals surface area contributed by atoms with E-state index in [1.54, 1.807) is 6.92 Å². The van der Waals surface area contributed by atoms with Crippen LogP contribution in [0.3, 0.4) is 0 Å². The van der Waals surface area contributed by atoms with E-state index in [1.165, 1.54) is 29.8 Å². The molecule has 1 fully saturated rings. The average Bonchev–Trinajstić information content (AvgIpc) is 2.85. The highest BCUT2D eigenvalue weighted by atomic mass is 16.6. The van der Waals surface area contributed by atoms with Crippen LogP contribution < -0.4 is 5.32 Å². The Morgan fingerprint density at radius 1 is 1.12 bits per heavy atom. The van der Waals surface area contributed by atoms with Gasteiger partial charge >= 0.3 is 5.97 Å². The van der Waals surface area contributed by atoms with E-state index in [4.69, 9.17) is 9.73 Å². The number of guanidine groups is 1. The van der Waals surface area contributed by atoms with Crippen LogP contribution >= 0.6 is 0 Å². The lowest BCUT2D eigenvalue weighted by Crippen LogP contribution is -2.57. The van der Waals surface area contributed by atoms with E-state index in [0.29, 0.717) is 24.6 Å². The average molecular weight is 466 g/mol. The van der Waals surface area contributed by atoms with Gasteiger partial charge in [-0.25, -0.2) is 4.99 Å². The number of nitrogens with one attached hydrogen (secondary N) is 1. The minimum absolute atomic E-state index is 0.0737. The summed E-state index contributed by atoms with van der Waals surface area (Å²) in [5.41, 5.74) is 1.71. The Bertz CT molecular complexity index is 1060. The first-order valence-electron chi connectivity index (χ1n) is 11.3. The van der Waals surface area contributed by atoms with Crippen molar-refractivity contribution < 1.29 is 19.2 Å². The van der Waals surface area contributed by atoms with Crippen LogP contribution in [0.2, 0.25) is 0 Å². The maximum Gasteiger partial charge on any atom is 0.321 e. The number of rotatable bonds is 6. The Kier molecular flexibility index (Phi) is 7.17. The number of non-ortho nitro benzene ring substituents is 1. The fraction of sp³-hybridized carbons (Fsp3) is 0.375. The highest BCUT2D eigenvalue weighted by Gasteiger charge is 2.42. The number of carbonyl (C=O) groups is 2. The second-order valence-electron chi connectivity index (χ2n) is 8.21. The molecule has 2 aliphatic rings. The molecule has 1 N–H and O–H groups in total. The smallest absolute Gasteiger partial charge is 0.321 e. The van der Waals surface area contributed by atoms with Crippen molar-refractivity contribution in [1.29, 1.82) is 0 Å². The first kappa shape index (κ1) is 23.4. The molecule has 0 radical (unpaired) electrons. The van der Waals surface area contributed by atoms with Gasteiger partial charge in [-0.3, -0.25) is 29.9 Å². The molecule has 1 saturated heterocycles. The quantitative estimate of drug-likeness (QED) is 0.301. The standard InChI is InChI=1S/C24H27N5O5/c1-2-34-23(31)20-21(18-8-10-19(11-9-18)29(32)33)25-24(26-22(20)30)28-14-12-27(13-15-28)16-17-6-4-3-5-7-17/h3-11,20-21H,2,12-16H2,1H3,(H,25,26,30). The summed E-state index contributed by atoms with van der Waals surface area (Å²) in [4.78, 5) is 45.2. The Hall–Kier alpha value is -3.79. The van der Waals surface area contributed by atoms with Crippen molar-refractivity contribution in [3.8, 4) is 0 Å². The molecular weight excluding hydrogens is 438 g/mol. The number of nitro groups is 1. The van der Waals surface area contributed by atoms with Crippen LogP contribution in [0.4, 0.5) is 5.69 Å². The van der Waals surface area contributed by atoms with Crippen LogP contribution in [0.5, 0.6) is 0 Å². The van der Waals surface area contributed by atoms with Gasteiger partial charge in [0, 0.05) is 44.9 Å². The Labute approximate surface area is 197 Å². The molecule has 178 valence electrons. The summed E-state index contributed by atoms with van der Waals surface area (Å²) in [6, 6.07) is 15.2. The molecule has 2 aliphatic heterocycles. The number of aliphatic imine (C=N–C) groups is 1. The summed E-state index contributed by atoms with van der Waals surface area (Å²) in [6.07, 6.45) is 0. The van der Waals surface area contributed by atoms with Gasteiger partial charge in [0.05, 0.1) is 11.5 Å². The predicted molar refractivity (Wildman–Crippen MR) is 125 cm³/mol. The zero-order valence-electron chi connectivity index (χ0n) is 18.9. The molecule has 4 rings (SSSR count). The molecule has 2 heterocycles. The van der Waals surface area contributed by atoms with Crippen molar-refractivity contribution in [2.24, 2.45) is 10.9 Å². The number of hydrogen-bond donors (Lipinski definition) is 1. The molecule has 0 bridgehead atoms. The third-order valence-electron chi connectivity index (χ3n) is 6.00. The van der Waals surface area contributed by atoms with Gasteiger partial charge in [-0.05, 0) is 18.1 Å². The van der Waals surface area contributed by atoms with E-state index in [2.05, 4.69) is 22.3 Å². The fourth-order valence-electron chi connectivity index (χ4n) is 4.22. The van der Waals surface area contributed by atoms with Gasteiger partial charge in [0.25, 0.3) is 5.69 Å². The minimum Gasteiger partial charge on any atom is -0.465 e. The third-order valence-corrected chi connectivity index (χ3v) is 6.00. The van der Waals surface area contributed by atoms with E-state index < -0.39 is 28.8 Å². The summed E-state index contributed by atoms with van der Waals surface area (Å²) in [5, 5.41) is 13.8. The molecule has 10 nitrogen and oxygen atoms in total. The van der Waals surface area contributed by atoms with Gasteiger partial charge in [0.2, 0.25) is 11.9 Å². The molecule has 0 saturated carbocycles. The highest BCUT2D eigenvalue weighted by molar-refractivity contribution is 6.08. The largest absolute Gasteiger partial charge is 0.465 e. The number of benzene rings is 2.